The number of aliphatic carboxylic acids is 1. The van der Waals surface area contributed by atoms with Crippen molar-refractivity contribution >= 4 is 11.9 Å². The summed E-state index contributed by atoms with van der Waals surface area (Å²) in [6.07, 6.45) is 2.21. The number of hydrogen-bond donors (Lipinski definition) is 2. The molecule has 0 aromatic heterocycles. The van der Waals surface area contributed by atoms with Crippen LogP contribution >= 0.6 is 0 Å². The molecule has 0 spiro atoms. The van der Waals surface area contributed by atoms with Gasteiger partial charge in [-0.3, -0.25) is 9.59 Å². The molecule has 0 bridgehead atoms. The van der Waals surface area contributed by atoms with Gasteiger partial charge in [0.25, 0.3) is 0 Å². The molecule has 2 atom stereocenters. The van der Waals surface area contributed by atoms with Gasteiger partial charge >= 0.3 is 5.97 Å². The van der Waals surface area contributed by atoms with Crippen molar-refractivity contribution in [1.82, 2.24) is 4.90 Å². The molecule has 5 heteroatoms. The van der Waals surface area contributed by atoms with E-state index in [9.17, 15) is 9.59 Å². The predicted molar refractivity (Wildman–Crippen MR) is 64.4 cm³/mol. The smallest absolute Gasteiger partial charge is 0.303 e. The number of carbonyl (C=O) groups is 2. The second kappa shape index (κ2) is 6.00. The minimum atomic E-state index is -0.907. The molecule has 0 aromatic carbocycles. The van der Waals surface area contributed by atoms with Crippen LogP contribution < -0.4 is 5.73 Å². The van der Waals surface area contributed by atoms with Gasteiger partial charge in [0.1, 0.15) is 0 Å². The van der Waals surface area contributed by atoms with Gasteiger partial charge in [0.2, 0.25) is 5.91 Å². The minimum absolute atomic E-state index is 0.0485. The lowest BCUT2D eigenvalue weighted by molar-refractivity contribution is -0.138. The summed E-state index contributed by atoms with van der Waals surface area (Å²) < 4.78 is 0. The van der Waals surface area contributed by atoms with E-state index < -0.39 is 12.0 Å². The fraction of sp³-hybridized carbons (Fsp3) is 0.833. The molecule has 17 heavy (non-hydrogen) atoms. The third-order valence-corrected chi connectivity index (χ3v) is 3.34. The first-order valence-electron chi connectivity index (χ1n) is 6.21. The Hall–Kier alpha value is -1.10. The molecule has 1 aliphatic rings. The number of carbonyl (C=O) groups excluding carboxylic acids is 1. The van der Waals surface area contributed by atoms with Crippen LogP contribution in [0.15, 0.2) is 0 Å². The standard InChI is InChI=1S/C12H22N2O3/c1-8(2)10-4-3-7-14(10)12(17)9(13)5-6-11(15)16/h8-10H,3-7,13H2,1-2H3,(H,15,16). The molecule has 3 N–H and O–H groups in total. The zero-order valence-electron chi connectivity index (χ0n) is 10.6. The summed E-state index contributed by atoms with van der Waals surface area (Å²) >= 11 is 0. The van der Waals surface area contributed by atoms with Gasteiger partial charge in [-0.2, -0.15) is 0 Å². The Bertz CT molecular complexity index is 291. The lowest BCUT2D eigenvalue weighted by Crippen LogP contribution is -2.47. The molecule has 0 aliphatic carbocycles. The van der Waals surface area contributed by atoms with Gasteiger partial charge in [-0.1, -0.05) is 13.8 Å². The van der Waals surface area contributed by atoms with E-state index in [1.165, 1.54) is 0 Å². The Morgan fingerprint density at radius 1 is 1.47 bits per heavy atom. The Balaban J connectivity index is 2.53. The molecular weight excluding hydrogens is 220 g/mol. The third kappa shape index (κ3) is 3.70. The number of carboxylic acids is 1. The summed E-state index contributed by atoms with van der Waals surface area (Å²) in [5.74, 6) is -0.578. The monoisotopic (exact) mass is 242 g/mol. The highest BCUT2D eigenvalue weighted by molar-refractivity contribution is 5.82. The van der Waals surface area contributed by atoms with Crippen molar-refractivity contribution in [2.24, 2.45) is 11.7 Å². The molecule has 5 nitrogen and oxygen atoms in total. The van der Waals surface area contributed by atoms with Crippen molar-refractivity contribution in [1.29, 1.82) is 0 Å². The first kappa shape index (κ1) is 14.0. The average Bonchev–Trinajstić information content (AvgIpc) is 2.73. The van der Waals surface area contributed by atoms with Gasteiger partial charge in [0.05, 0.1) is 6.04 Å². The highest BCUT2D eigenvalue weighted by Crippen LogP contribution is 2.24. The molecule has 1 heterocycles. The lowest BCUT2D eigenvalue weighted by Gasteiger charge is -2.29. The Labute approximate surface area is 102 Å². The van der Waals surface area contributed by atoms with Crippen molar-refractivity contribution in [3.05, 3.63) is 0 Å². The predicted octanol–water partition coefficient (Wildman–Crippen LogP) is 0.825. The third-order valence-electron chi connectivity index (χ3n) is 3.34. The van der Waals surface area contributed by atoms with Crippen molar-refractivity contribution in [3.8, 4) is 0 Å². The van der Waals surface area contributed by atoms with Crippen LogP contribution in [0, 0.1) is 5.92 Å². The number of hydrogen-bond acceptors (Lipinski definition) is 3. The lowest BCUT2D eigenvalue weighted by atomic mass is 10.0. The van der Waals surface area contributed by atoms with E-state index >= 15 is 0 Å². The van der Waals surface area contributed by atoms with Gasteiger partial charge < -0.3 is 15.7 Å². The quantitative estimate of drug-likeness (QED) is 0.747. The van der Waals surface area contributed by atoms with E-state index in [2.05, 4.69) is 13.8 Å². The van der Waals surface area contributed by atoms with Crippen molar-refractivity contribution in [3.63, 3.8) is 0 Å². The van der Waals surface area contributed by atoms with Crippen LogP contribution in [0.3, 0.4) is 0 Å². The highest BCUT2D eigenvalue weighted by atomic mass is 16.4. The van der Waals surface area contributed by atoms with Crippen LogP contribution in [0.25, 0.3) is 0 Å². The van der Waals surface area contributed by atoms with E-state index in [1.54, 1.807) is 0 Å². The van der Waals surface area contributed by atoms with Crippen molar-refractivity contribution in [2.45, 2.75) is 51.6 Å². The summed E-state index contributed by atoms with van der Waals surface area (Å²) in [6.45, 7) is 4.94. The Morgan fingerprint density at radius 2 is 2.12 bits per heavy atom. The van der Waals surface area contributed by atoms with Crippen molar-refractivity contribution in [2.75, 3.05) is 6.54 Å². The second-order valence-electron chi connectivity index (χ2n) is 5.02. The largest absolute Gasteiger partial charge is 0.481 e. The van der Waals surface area contributed by atoms with Crippen LogP contribution in [-0.4, -0.2) is 40.5 Å². The topological polar surface area (TPSA) is 83.6 Å². The molecule has 98 valence electrons. The summed E-state index contributed by atoms with van der Waals surface area (Å²) in [7, 11) is 0. The molecule has 1 amide bonds. The summed E-state index contributed by atoms with van der Waals surface area (Å²) in [6, 6.07) is -0.413. The van der Waals surface area contributed by atoms with Gasteiger partial charge in [0.15, 0.2) is 0 Å². The Morgan fingerprint density at radius 3 is 2.65 bits per heavy atom. The molecule has 2 unspecified atom stereocenters. The van der Waals surface area contributed by atoms with Gasteiger partial charge in [-0.25, -0.2) is 0 Å². The van der Waals surface area contributed by atoms with E-state index in [0.29, 0.717) is 5.92 Å². The molecule has 1 fully saturated rings. The van der Waals surface area contributed by atoms with E-state index in [0.717, 1.165) is 19.4 Å². The highest BCUT2D eigenvalue weighted by Gasteiger charge is 2.33. The molecule has 1 saturated heterocycles. The number of likely N-dealkylation sites (tertiary alicyclic amines) is 1. The molecule has 0 saturated carbocycles. The van der Waals surface area contributed by atoms with Gasteiger partial charge in [0, 0.05) is 19.0 Å². The van der Waals surface area contributed by atoms with E-state index in [4.69, 9.17) is 10.8 Å². The number of nitrogens with two attached hydrogens (primary N) is 1. The number of nitrogens with zero attached hydrogens (tertiary/aromatic N) is 1. The van der Waals surface area contributed by atoms with Crippen LogP contribution in [0.4, 0.5) is 0 Å². The second-order valence-corrected chi connectivity index (χ2v) is 5.02. The molecule has 0 aromatic rings. The van der Waals surface area contributed by atoms with Crippen LogP contribution in [0.1, 0.15) is 39.5 Å². The van der Waals surface area contributed by atoms with Crippen LogP contribution in [0.5, 0.6) is 0 Å². The van der Waals surface area contributed by atoms with E-state index in [-0.39, 0.29) is 24.8 Å². The molecular formula is C12H22N2O3. The minimum Gasteiger partial charge on any atom is -0.481 e. The SMILES string of the molecule is CC(C)C1CCCN1C(=O)C(N)CCC(=O)O. The zero-order valence-corrected chi connectivity index (χ0v) is 10.6. The summed E-state index contributed by atoms with van der Waals surface area (Å²) in [4.78, 5) is 24.4. The fourth-order valence-corrected chi connectivity index (χ4v) is 2.37. The fourth-order valence-electron chi connectivity index (χ4n) is 2.37. The van der Waals surface area contributed by atoms with Crippen LogP contribution in [0.2, 0.25) is 0 Å². The molecule has 1 rings (SSSR count). The van der Waals surface area contributed by atoms with E-state index in [1.807, 2.05) is 4.90 Å². The summed E-state index contributed by atoms with van der Waals surface area (Å²) in [5.41, 5.74) is 5.75. The van der Waals surface area contributed by atoms with Crippen LogP contribution in [-0.2, 0) is 9.59 Å². The normalized spacial score (nSPS) is 21.9. The number of carboxylic acid groups (broad SMARTS) is 1. The number of amides is 1. The van der Waals surface area contributed by atoms with Gasteiger partial charge in [-0.05, 0) is 25.2 Å². The van der Waals surface area contributed by atoms with Crippen molar-refractivity contribution < 1.29 is 14.7 Å². The van der Waals surface area contributed by atoms with Gasteiger partial charge in [-0.15, -0.1) is 0 Å². The maximum atomic E-state index is 12.1. The number of rotatable bonds is 5. The molecule has 0 radical (unpaired) electrons. The first-order valence-corrected chi connectivity index (χ1v) is 6.21. The maximum absolute atomic E-state index is 12.1. The Kier molecular flexibility index (Phi) is 4.93. The summed E-state index contributed by atoms with van der Waals surface area (Å²) in [5, 5.41) is 8.57. The first-order chi connectivity index (χ1) is 7.93. The average molecular weight is 242 g/mol. The molecule has 1 aliphatic heterocycles. The zero-order chi connectivity index (χ0) is 13.0. The maximum Gasteiger partial charge on any atom is 0.303 e.